The number of hydrazone groups is 1. The fraction of sp³-hybridized carbons (Fsp3) is 0.357. The first kappa shape index (κ1) is 30.9. The van der Waals surface area contributed by atoms with Crippen molar-refractivity contribution in [3.63, 3.8) is 0 Å². The molecule has 40 heavy (non-hydrogen) atoms. The summed E-state index contributed by atoms with van der Waals surface area (Å²) in [4.78, 5) is 25.2. The summed E-state index contributed by atoms with van der Waals surface area (Å²) in [7, 11) is 0. The van der Waals surface area contributed by atoms with Crippen LogP contribution in [0.25, 0.3) is 0 Å². The van der Waals surface area contributed by atoms with Crippen molar-refractivity contribution in [2.75, 3.05) is 19.8 Å². The van der Waals surface area contributed by atoms with Crippen molar-refractivity contribution in [1.82, 2.24) is 16.1 Å². The number of benzene rings is 2. The first-order valence-corrected chi connectivity index (χ1v) is 14.0. The minimum atomic E-state index is -0.620. The standard InChI is InChI=1S/C28H33BrN4O6S/c1-6-36-22-13-18(12-20(29)26(22)39-16(3)4)14-30-33-23(34)15-38-21-11-9-8-10-19(21)25-24(27(35)37-7-2)17(5)31-28(40)32-25/h8-14,16,25H,6-7,15H2,1-5H3,(H,33,34)(H2,31,32,40)/t25-/m0/s1. The van der Waals surface area contributed by atoms with Crippen LogP contribution < -0.4 is 30.3 Å². The first-order valence-electron chi connectivity index (χ1n) is 12.8. The quantitative estimate of drug-likeness (QED) is 0.134. The molecule has 10 nitrogen and oxygen atoms in total. The van der Waals surface area contributed by atoms with Crippen LogP contribution in [-0.4, -0.2) is 49.1 Å². The summed E-state index contributed by atoms with van der Waals surface area (Å²) >= 11 is 8.82. The smallest absolute Gasteiger partial charge is 0.338 e. The van der Waals surface area contributed by atoms with Crippen LogP contribution in [0.1, 0.15) is 51.8 Å². The van der Waals surface area contributed by atoms with Crippen LogP contribution in [0.2, 0.25) is 0 Å². The van der Waals surface area contributed by atoms with E-state index in [2.05, 4.69) is 37.1 Å². The number of esters is 1. The summed E-state index contributed by atoms with van der Waals surface area (Å²) in [5, 5.41) is 10.5. The van der Waals surface area contributed by atoms with Crippen LogP contribution in [0.4, 0.5) is 0 Å². The Balaban J connectivity index is 1.70. The number of nitrogens with zero attached hydrogens (tertiary/aromatic N) is 1. The van der Waals surface area contributed by atoms with Crippen molar-refractivity contribution in [1.29, 1.82) is 0 Å². The molecule has 12 heteroatoms. The Morgan fingerprint density at radius 1 is 1.15 bits per heavy atom. The van der Waals surface area contributed by atoms with Gasteiger partial charge < -0.3 is 29.6 Å². The molecule has 0 saturated heterocycles. The number of para-hydroxylation sites is 1. The normalized spacial score (nSPS) is 15.0. The molecule has 1 aliphatic rings. The number of ether oxygens (including phenoxy) is 4. The lowest BCUT2D eigenvalue weighted by molar-refractivity contribution is -0.139. The van der Waals surface area contributed by atoms with Gasteiger partial charge in [-0.2, -0.15) is 5.10 Å². The lowest BCUT2D eigenvalue weighted by Crippen LogP contribution is -2.45. The Hall–Kier alpha value is -3.64. The predicted octanol–water partition coefficient (Wildman–Crippen LogP) is 4.52. The zero-order valence-corrected chi connectivity index (χ0v) is 25.4. The number of rotatable bonds is 12. The third-order valence-electron chi connectivity index (χ3n) is 5.44. The molecule has 0 aromatic heterocycles. The van der Waals surface area contributed by atoms with E-state index in [-0.39, 0.29) is 19.3 Å². The second-order valence-corrected chi connectivity index (χ2v) is 10.1. The van der Waals surface area contributed by atoms with Crippen molar-refractivity contribution in [3.8, 4) is 17.2 Å². The molecule has 0 fully saturated rings. The van der Waals surface area contributed by atoms with Gasteiger partial charge in [-0.1, -0.05) is 18.2 Å². The minimum Gasteiger partial charge on any atom is -0.490 e. The van der Waals surface area contributed by atoms with Gasteiger partial charge in [0.25, 0.3) is 5.91 Å². The summed E-state index contributed by atoms with van der Waals surface area (Å²) in [6.45, 7) is 9.62. The van der Waals surface area contributed by atoms with Gasteiger partial charge in [0, 0.05) is 11.3 Å². The van der Waals surface area contributed by atoms with Gasteiger partial charge in [-0.15, -0.1) is 0 Å². The lowest BCUT2D eigenvalue weighted by atomic mass is 9.95. The van der Waals surface area contributed by atoms with E-state index in [0.29, 0.717) is 55.8 Å². The van der Waals surface area contributed by atoms with Crippen molar-refractivity contribution < 1.29 is 28.5 Å². The molecule has 0 bridgehead atoms. The average molecular weight is 634 g/mol. The number of halogens is 1. The molecule has 0 aliphatic carbocycles. The summed E-state index contributed by atoms with van der Waals surface area (Å²) in [5.74, 6) is 0.629. The molecule has 1 heterocycles. The van der Waals surface area contributed by atoms with Crippen molar-refractivity contribution in [2.45, 2.75) is 46.8 Å². The number of allylic oxidation sites excluding steroid dienone is 1. The molecular weight excluding hydrogens is 600 g/mol. The topological polar surface area (TPSA) is 120 Å². The van der Waals surface area contributed by atoms with Crippen LogP contribution in [0, 0.1) is 0 Å². The number of hydrogen-bond acceptors (Lipinski definition) is 8. The Morgan fingerprint density at radius 2 is 1.90 bits per heavy atom. The Bertz CT molecular complexity index is 1310. The largest absolute Gasteiger partial charge is 0.490 e. The highest BCUT2D eigenvalue weighted by molar-refractivity contribution is 9.10. The maximum atomic E-state index is 12.7. The minimum absolute atomic E-state index is 0.0293. The maximum absolute atomic E-state index is 12.7. The Morgan fingerprint density at radius 3 is 2.60 bits per heavy atom. The molecule has 1 amide bonds. The summed E-state index contributed by atoms with van der Waals surface area (Å²) < 4.78 is 23.3. The molecule has 0 radical (unpaired) electrons. The van der Waals surface area contributed by atoms with Crippen LogP contribution in [0.3, 0.4) is 0 Å². The van der Waals surface area contributed by atoms with Gasteiger partial charge in [0.1, 0.15) is 5.75 Å². The van der Waals surface area contributed by atoms with E-state index in [1.54, 1.807) is 38.1 Å². The lowest BCUT2D eigenvalue weighted by Gasteiger charge is -2.30. The van der Waals surface area contributed by atoms with Crippen LogP contribution in [0.5, 0.6) is 17.2 Å². The second-order valence-electron chi connectivity index (χ2n) is 8.84. The van der Waals surface area contributed by atoms with Gasteiger partial charge in [-0.3, -0.25) is 4.79 Å². The molecule has 1 aliphatic heterocycles. The average Bonchev–Trinajstić information content (AvgIpc) is 2.89. The van der Waals surface area contributed by atoms with Crippen molar-refractivity contribution in [3.05, 3.63) is 63.3 Å². The fourth-order valence-corrected chi connectivity index (χ4v) is 4.71. The van der Waals surface area contributed by atoms with Crippen molar-refractivity contribution in [2.24, 2.45) is 5.10 Å². The van der Waals surface area contributed by atoms with E-state index >= 15 is 0 Å². The molecule has 3 rings (SSSR count). The van der Waals surface area contributed by atoms with E-state index in [1.807, 2.05) is 32.9 Å². The van der Waals surface area contributed by atoms with Gasteiger partial charge in [-0.25, -0.2) is 10.2 Å². The highest BCUT2D eigenvalue weighted by Gasteiger charge is 2.32. The Labute approximate surface area is 247 Å². The maximum Gasteiger partial charge on any atom is 0.338 e. The molecule has 2 aromatic carbocycles. The molecule has 0 saturated carbocycles. The molecule has 2 aromatic rings. The van der Waals surface area contributed by atoms with E-state index in [1.165, 1.54) is 6.21 Å². The van der Waals surface area contributed by atoms with Gasteiger partial charge in [0.05, 0.1) is 41.6 Å². The molecule has 1 atom stereocenters. The number of hydrogen-bond donors (Lipinski definition) is 3. The molecule has 0 spiro atoms. The zero-order valence-electron chi connectivity index (χ0n) is 23.0. The molecule has 214 valence electrons. The number of carbonyl (C=O) groups is 2. The first-order chi connectivity index (χ1) is 19.1. The van der Waals surface area contributed by atoms with E-state index in [9.17, 15) is 9.59 Å². The Kier molecular flexibility index (Phi) is 11.3. The molecule has 3 N–H and O–H groups in total. The number of thiocarbonyl (C=S) groups is 1. The number of nitrogens with one attached hydrogen (secondary N) is 3. The third kappa shape index (κ3) is 8.18. The van der Waals surface area contributed by atoms with Gasteiger partial charge in [-0.05, 0) is 86.5 Å². The molecule has 0 unspecified atom stereocenters. The SMILES string of the molecule is CCOC(=O)C1=C(C)NC(=S)N[C@H]1c1ccccc1OCC(=O)NN=Cc1cc(Br)c(OC(C)C)c(OCC)c1. The van der Waals surface area contributed by atoms with Gasteiger partial charge >= 0.3 is 5.97 Å². The summed E-state index contributed by atoms with van der Waals surface area (Å²) in [6, 6.07) is 10.1. The van der Waals surface area contributed by atoms with E-state index < -0.39 is 17.9 Å². The van der Waals surface area contributed by atoms with Crippen LogP contribution in [0.15, 0.2) is 57.2 Å². The predicted molar refractivity (Wildman–Crippen MR) is 160 cm³/mol. The van der Waals surface area contributed by atoms with Gasteiger partial charge in [0.15, 0.2) is 23.2 Å². The fourth-order valence-electron chi connectivity index (χ4n) is 3.89. The summed E-state index contributed by atoms with van der Waals surface area (Å²) in [5.41, 5.74) is 4.74. The number of amides is 1. The zero-order chi connectivity index (χ0) is 29.2. The highest BCUT2D eigenvalue weighted by atomic mass is 79.9. The third-order valence-corrected chi connectivity index (χ3v) is 6.25. The van der Waals surface area contributed by atoms with Gasteiger partial charge in [0.2, 0.25) is 0 Å². The summed E-state index contributed by atoms with van der Waals surface area (Å²) in [6.07, 6.45) is 1.47. The molecular formula is C28H33BrN4O6S. The monoisotopic (exact) mass is 632 g/mol. The highest BCUT2D eigenvalue weighted by Crippen LogP contribution is 2.37. The van der Waals surface area contributed by atoms with Crippen LogP contribution >= 0.6 is 28.1 Å². The van der Waals surface area contributed by atoms with Crippen molar-refractivity contribution >= 4 is 51.4 Å². The number of carbonyl (C=O) groups excluding carboxylic acids is 2. The van der Waals surface area contributed by atoms with E-state index in [0.717, 1.165) is 0 Å². The van der Waals surface area contributed by atoms with E-state index in [4.69, 9.17) is 31.2 Å². The van der Waals surface area contributed by atoms with Crippen LogP contribution in [-0.2, 0) is 14.3 Å². The second kappa shape index (κ2) is 14.7.